The van der Waals surface area contributed by atoms with Gasteiger partial charge in [0.1, 0.15) is 0 Å². The third kappa shape index (κ3) is 2.73. The molecule has 0 atom stereocenters. The fourth-order valence-corrected chi connectivity index (χ4v) is 3.40. The Morgan fingerprint density at radius 2 is 1.78 bits per heavy atom. The van der Waals surface area contributed by atoms with Crippen molar-refractivity contribution in [2.24, 2.45) is 0 Å². The average Bonchev–Trinajstić information content (AvgIpc) is 3.18. The molecule has 0 spiro atoms. The van der Waals surface area contributed by atoms with Gasteiger partial charge in [-0.2, -0.15) is 0 Å². The third-order valence-corrected chi connectivity index (χ3v) is 4.68. The molecule has 2 aromatic carbocycles. The summed E-state index contributed by atoms with van der Waals surface area (Å²) in [6.45, 7) is 2.27. The highest BCUT2D eigenvalue weighted by atomic mass is 35.5. The number of carbonyl (C=O) groups is 1. The quantitative estimate of drug-likeness (QED) is 0.829. The molecule has 4 heteroatoms. The maximum Gasteiger partial charge on any atom is 0.256 e. The molecule has 2 aromatic rings. The molecule has 0 bridgehead atoms. The zero-order valence-corrected chi connectivity index (χ0v) is 13.4. The van der Waals surface area contributed by atoms with E-state index in [1.54, 1.807) is 6.07 Å². The smallest absolute Gasteiger partial charge is 0.256 e. The molecule has 0 radical (unpaired) electrons. The minimum atomic E-state index is -0.0779. The van der Waals surface area contributed by atoms with Crippen LogP contribution in [-0.4, -0.2) is 19.0 Å². The minimum absolute atomic E-state index is 0.0779. The molecule has 1 saturated heterocycles. The Kier molecular flexibility index (Phi) is 3.58. The van der Waals surface area contributed by atoms with Crippen molar-refractivity contribution in [3.63, 3.8) is 0 Å². The van der Waals surface area contributed by atoms with E-state index in [9.17, 15) is 4.79 Å². The molecule has 0 aromatic heterocycles. The van der Waals surface area contributed by atoms with Crippen molar-refractivity contribution in [1.82, 2.24) is 0 Å². The van der Waals surface area contributed by atoms with Crippen molar-refractivity contribution >= 4 is 40.5 Å². The first-order chi connectivity index (χ1) is 11.2. The number of nitrogens with zero attached hydrogens (tertiary/aromatic N) is 1. The van der Waals surface area contributed by atoms with Crippen LogP contribution in [0.3, 0.4) is 0 Å². The lowest BCUT2D eigenvalue weighted by Gasteiger charge is -2.17. The summed E-state index contributed by atoms with van der Waals surface area (Å²) in [6.07, 6.45) is 4.46. The predicted octanol–water partition coefficient (Wildman–Crippen LogP) is 4.43. The zero-order chi connectivity index (χ0) is 15.8. The normalized spacial score (nSPS) is 18.4. The van der Waals surface area contributed by atoms with E-state index in [2.05, 4.69) is 34.5 Å². The van der Waals surface area contributed by atoms with E-state index in [1.807, 2.05) is 18.2 Å². The van der Waals surface area contributed by atoms with E-state index >= 15 is 0 Å². The summed E-state index contributed by atoms with van der Waals surface area (Å²) in [5.41, 5.74) is 4.62. The molecule has 2 aliphatic heterocycles. The Bertz CT molecular complexity index is 790. The monoisotopic (exact) mass is 324 g/mol. The van der Waals surface area contributed by atoms with Gasteiger partial charge < -0.3 is 10.2 Å². The topological polar surface area (TPSA) is 32.3 Å². The fourth-order valence-electron chi connectivity index (χ4n) is 3.23. The molecule has 2 heterocycles. The summed E-state index contributed by atoms with van der Waals surface area (Å²) < 4.78 is 0. The number of halogens is 1. The molecule has 116 valence electrons. The second-order valence-electron chi connectivity index (χ2n) is 5.99. The Balaban J connectivity index is 1.65. The van der Waals surface area contributed by atoms with Gasteiger partial charge in [0.2, 0.25) is 0 Å². The Labute approximate surface area is 140 Å². The van der Waals surface area contributed by atoms with Gasteiger partial charge in [-0.3, -0.25) is 4.79 Å². The standard InChI is InChI=1S/C19H17ClN2O/c20-14-5-8-18-16(12-14)17(19(23)21-18)11-13-3-6-15(7-4-13)22-9-1-2-10-22/h3-8,11-12H,1-2,9-10H2,(H,21,23)/b17-11-. The zero-order valence-electron chi connectivity index (χ0n) is 12.7. The van der Waals surface area contributed by atoms with Crippen molar-refractivity contribution < 1.29 is 4.79 Å². The summed E-state index contributed by atoms with van der Waals surface area (Å²) in [6, 6.07) is 13.8. The third-order valence-electron chi connectivity index (χ3n) is 4.44. The second kappa shape index (κ2) is 5.74. The molecule has 23 heavy (non-hydrogen) atoms. The highest BCUT2D eigenvalue weighted by molar-refractivity contribution is 6.36. The lowest BCUT2D eigenvalue weighted by Crippen LogP contribution is -2.17. The van der Waals surface area contributed by atoms with Crippen molar-refractivity contribution in [2.45, 2.75) is 12.8 Å². The lowest BCUT2D eigenvalue weighted by atomic mass is 10.0. The maximum absolute atomic E-state index is 12.2. The van der Waals surface area contributed by atoms with Crippen LogP contribution in [0.5, 0.6) is 0 Å². The summed E-state index contributed by atoms with van der Waals surface area (Å²) in [5.74, 6) is -0.0779. The number of rotatable bonds is 2. The Morgan fingerprint density at radius 1 is 1.04 bits per heavy atom. The van der Waals surface area contributed by atoms with Crippen molar-refractivity contribution in [3.05, 3.63) is 58.6 Å². The first-order valence-corrected chi connectivity index (χ1v) is 8.26. The van der Waals surface area contributed by atoms with E-state index in [4.69, 9.17) is 11.6 Å². The Hall–Kier alpha value is -2.26. The SMILES string of the molecule is O=C1Nc2ccc(Cl)cc2/C1=C/c1ccc(N2CCCC2)cc1. The van der Waals surface area contributed by atoms with E-state index < -0.39 is 0 Å². The number of carbonyl (C=O) groups excluding carboxylic acids is 1. The first-order valence-electron chi connectivity index (χ1n) is 7.89. The van der Waals surface area contributed by atoms with Gasteiger partial charge in [0.15, 0.2) is 0 Å². The average molecular weight is 325 g/mol. The molecule has 2 aliphatic rings. The van der Waals surface area contributed by atoms with Crippen LogP contribution in [-0.2, 0) is 4.79 Å². The Morgan fingerprint density at radius 3 is 2.52 bits per heavy atom. The van der Waals surface area contributed by atoms with E-state index in [0.717, 1.165) is 29.9 Å². The summed E-state index contributed by atoms with van der Waals surface area (Å²) in [7, 11) is 0. The molecule has 0 saturated carbocycles. The molecule has 4 rings (SSSR count). The van der Waals surface area contributed by atoms with E-state index in [0.29, 0.717) is 10.6 Å². The highest BCUT2D eigenvalue weighted by Gasteiger charge is 2.24. The largest absolute Gasteiger partial charge is 0.372 e. The number of benzene rings is 2. The van der Waals surface area contributed by atoms with Gasteiger partial charge in [-0.1, -0.05) is 23.7 Å². The van der Waals surface area contributed by atoms with Gasteiger partial charge in [0.05, 0.1) is 0 Å². The van der Waals surface area contributed by atoms with E-state index in [-0.39, 0.29) is 5.91 Å². The van der Waals surface area contributed by atoms with Crippen LogP contribution >= 0.6 is 11.6 Å². The van der Waals surface area contributed by atoms with Crippen LogP contribution < -0.4 is 10.2 Å². The number of fused-ring (bicyclic) bond motifs is 1. The molecule has 1 N–H and O–H groups in total. The molecule has 1 amide bonds. The predicted molar refractivity (Wildman–Crippen MR) is 95.8 cm³/mol. The van der Waals surface area contributed by atoms with Gasteiger partial charge in [-0.15, -0.1) is 0 Å². The number of nitrogens with one attached hydrogen (secondary N) is 1. The number of anilines is 2. The summed E-state index contributed by atoms with van der Waals surface area (Å²) >= 11 is 6.06. The van der Waals surface area contributed by atoms with Crippen LogP contribution in [0.15, 0.2) is 42.5 Å². The van der Waals surface area contributed by atoms with Gasteiger partial charge in [-0.25, -0.2) is 0 Å². The van der Waals surface area contributed by atoms with E-state index in [1.165, 1.54) is 18.5 Å². The molecule has 0 aliphatic carbocycles. The molecule has 1 fully saturated rings. The highest BCUT2D eigenvalue weighted by Crippen LogP contribution is 2.35. The summed E-state index contributed by atoms with van der Waals surface area (Å²) in [4.78, 5) is 14.6. The van der Waals surface area contributed by atoms with Crippen LogP contribution in [0, 0.1) is 0 Å². The van der Waals surface area contributed by atoms with Crippen LogP contribution in [0.4, 0.5) is 11.4 Å². The lowest BCUT2D eigenvalue weighted by molar-refractivity contribution is -0.110. The van der Waals surface area contributed by atoms with Crippen molar-refractivity contribution in [1.29, 1.82) is 0 Å². The van der Waals surface area contributed by atoms with Crippen molar-refractivity contribution in [2.75, 3.05) is 23.3 Å². The molecule has 3 nitrogen and oxygen atoms in total. The number of hydrogen-bond acceptors (Lipinski definition) is 2. The number of amides is 1. The first kappa shape index (κ1) is 14.3. The van der Waals surface area contributed by atoms with Gasteiger partial charge in [-0.05, 0) is 54.8 Å². The van der Waals surface area contributed by atoms with Crippen LogP contribution in [0.2, 0.25) is 5.02 Å². The second-order valence-corrected chi connectivity index (χ2v) is 6.42. The van der Waals surface area contributed by atoms with Crippen molar-refractivity contribution in [3.8, 4) is 0 Å². The van der Waals surface area contributed by atoms with Gasteiger partial charge >= 0.3 is 0 Å². The molecular weight excluding hydrogens is 308 g/mol. The maximum atomic E-state index is 12.2. The fraction of sp³-hybridized carbons (Fsp3) is 0.211. The number of hydrogen-bond donors (Lipinski definition) is 1. The summed E-state index contributed by atoms with van der Waals surface area (Å²) in [5, 5.41) is 3.51. The minimum Gasteiger partial charge on any atom is -0.372 e. The van der Waals surface area contributed by atoms with Crippen LogP contribution in [0.25, 0.3) is 11.6 Å². The van der Waals surface area contributed by atoms with Crippen LogP contribution in [0.1, 0.15) is 24.0 Å². The van der Waals surface area contributed by atoms with Gasteiger partial charge in [0, 0.05) is 40.6 Å². The molecular formula is C19H17ClN2O. The molecule has 0 unspecified atom stereocenters. The van der Waals surface area contributed by atoms with Gasteiger partial charge in [0.25, 0.3) is 5.91 Å².